The molecule has 0 N–H and O–H groups in total. The highest BCUT2D eigenvalue weighted by molar-refractivity contribution is 5.41. The predicted octanol–water partition coefficient (Wildman–Crippen LogP) is 1.24. The van der Waals surface area contributed by atoms with E-state index in [4.69, 9.17) is 0 Å². The SMILES string of the molecule is Cn1ncc(CN2CCC(N(c3ccncn3)C3CC3)CC2)n1. The van der Waals surface area contributed by atoms with E-state index in [0.29, 0.717) is 12.1 Å². The highest BCUT2D eigenvalue weighted by Gasteiger charge is 2.36. The second-order valence-electron chi connectivity index (χ2n) is 6.54. The molecule has 2 aromatic rings. The molecular weight excluding hydrogens is 290 g/mol. The van der Waals surface area contributed by atoms with Gasteiger partial charge in [-0.05, 0) is 31.7 Å². The Kier molecular flexibility index (Phi) is 3.95. The fourth-order valence-corrected chi connectivity index (χ4v) is 3.51. The van der Waals surface area contributed by atoms with Gasteiger partial charge >= 0.3 is 0 Å². The molecule has 7 heteroatoms. The first-order valence-electron chi connectivity index (χ1n) is 8.41. The van der Waals surface area contributed by atoms with Crippen LogP contribution >= 0.6 is 0 Å². The van der Waals surface area contributed by atoms with Crippen molar-refractivity contribution in [3.63, 3.8) is 0 Å². The van der Waals surface area contributed by atoms with Crippen LogP contribution in [0.15, 0.2) is 24.8 Å². The van der Waals surface area contributed by atoms with Crippen LogP contribution in [0.25, 0.3) is 0 Å². The fraction of sp³-hybridized carbons (Fsp3) is 0.625. The summed E-state index contributed by atoms with van der Waals surface area (Å²) in [7, 11) is 1.87. The van der Waals surface area contributed by atoms with E-state index in [1.807, 2.05) is 25.5 Å². The molecule has 3 heterocycles. The van der Waals surface area contributed by atoms with Crippen molar-refractivity contribution >= 4 is 5.82 Å². The predicted molar refractivity (Wildman–Crippen MR) is 86.8 cm³/mol. The highest BCUT2D eigenvalue weighted by Crippen LogP contribution is 2.35. The molecule has 2 fully saturated rings. The van der Waals surface area contributed by atoms with E-state index in [-0.39, 0.29) is 0 Å². The fourth-order valence-electron chi connectivity index (χ4n) is 3.51. The lowest BCUT2D eigenvalue weighted by molar-refractivity contribution is 0.198. The first kappa shape index (κ1) is 14.6. The molecule has 122 valence electrons. The van der Waals surface area contributed by atoms with Gasteiger partial charge in [-0.1, -0.05) is 0 Å². The van der Waals surface area contributed by atoms with Crippen LogP contribution in [0.5, 0.6) is 0 Å². The molecular formula is C16H23N7. The monoisotopic (exact) mass is 313 g/mol. The van der Waals surface area contributed by atoms with Gasteiger partial charge in [-0.3, -0.25) is 4.90 Å². The van der Waals surface area contributed by atoms with Crippen LogP contribution in [-0.2, 0) is 13.6 Å². The summed E-state index contributed by atoms with van der Waals surface area (Å²) in [6.07, 6.45) is 10.3. The summed E-state index contributed by atoms with van der Waals surface area (Å²) in [4.78, 5) is 15.2. The van der Waals surface area contributed by atoms with Gasteiger partial charge in [0.15, 0.2) is 0 Å². The zero-order chi connectivity index (χ0) is 15.6. The maximum Gasteiger partial charge on any atom is 0.132 e. The van der Waals surface area contributed by atoms with Crippen molar-refractivity contribution in [2.45, 2.75) is 44.3 Å². The molecule has 23 heavy (non-hydrogen) atoms. The van der Waals surface area contributed by atoms with E-state index in [0.717, 1.165) is 31.1 Å². The topological polar surface area (TPSA) is 63.0 Å². The average Bonchev–Trinajstić information content (AvgIpc) is 3.33. The Morgan fingerprint density at radius 2 is 1.96 bits per heavy atom. The first-order valence-corrected chi connectivity index (χ1v) is 8.41. The summed E-state index contributed by atoms with van der Waals surface area (Å²) >= 11 is 0. The Labute approximate surface area is 136 Å². The molecule has 0 aromatic carbocycles. The van der Waals surface area contributed by atoms with Gasteiger partial charge in [0, 0.05) is 45.0 Å². The van der Waals surface area contributed by atoms with Gasteiger partial charge in [-0.25, -0.2) is 9.97 Å². The number of nitrogens with zero attached hydrogens (tertiary/aromatic N) is 7. The van der Waals surface area contributed by atoms with Gasteiger partial charge in [0.1, 0.15) is 12.1 Å². The van der Waals surface area contributed by atoms with Crippen molar-refractivity contribution in [3.8, 4) is 0 Å². The lowest BCUT2D eigenvalue weighted by Gasteiger charge is -2.39. The summed E-state index contributed by atoms with van der Waals surface area (Å²) in [6.45, 7) is 3.11. The van der Waals surface area contributed by atoms with Gasteiger partial charge in [0.2, 0.25) is 0 Å². The average molecular weight is 313 g/mol. The molecule has 0 spiro atoms. The molecule has 7 nitrogen and oxygen atoms in total. The minimum absolute atomic E-state index is 0.593. The van der Waals surface area contributed by atoms with Crippen LogP contribution in [0.3, 0.4) is 0 Å². The molecule has 1 aliphatic heterocycles. The van der Waals surface area contributed by atoms with Gasteiger partial charge in [0.25, 0.3) is 0 Å². The van der Waals surface area contributed by atoms with Crippen molar-refractivity contribution in [3.05, 3.63) is 30.5 Å². The summed E-state index contributed by atoms with van der Waals surface area (Å²) in [5.41, 5.74) is 1.06. The zero-order valence-electron chi connectivity index (χ0n) is 13.5. The zero-order valence-corrected chi connectivity index (χ0v) is 13.5. The van der Waals surface area contributed by atoms with E-state index in [1.54, 1.807) is 11.1 Å². The normalized spacial score (nSPS) is 19.9. The number of aromatic nitrogens is 5. The van der Waals surface area contributed by atoms with Crippen LogP contribution in [-0.4, -0.2) is 55.0 Å². The maximum absolute atomic E-state index is 4.49. The molecule has 1 saturated carbocycles. The minimum Gasteiger partial charge on any atom is -0.350 e. The van der Waals surface area contributed by atoms with Crippen molar-refractivity contribution < 1.29 is 0 Å². The van der Waals surface area contributed by atoms with Gasteiger partial charge < -0.3 is 4.90 Å². The largest absolute Gasteiger partial charge is 0.350 e. The number of piperidine rings is 1. The van der Waals surface area contributed by atoms with Crippen LogP contribution in [0.1, 0.15) is 31.4 Å². The Balaban J connectivity index is 1.38. The van der Waals surface area contributed by atoms with Crippen molar-refractivity contribution in [2.75, 3.05) is 18.0 Å². The highest BCUT2D eigenvalue weighted by atomic mass is 15.5. The van der Waals surface area contributed by atoms with E-state index >= 15 is 0 Å². The molecule has 1 aliphatic carbocycles. The minimum atomic E-state index is 0.593. The molecule has 0 atom stereocenters. The molecule has 2 aliphatic rings. The standard InChI is InChI=1S/C16H23N7/c1-21-19-10-13(20-21)11-22-8-5-15(6-9-22)23(14-2-3-14)16-4-7-17-12-18-16/h4,7,10,12,14-15H,2-3,5-6,8-9,11H2,1H3. The second-order valence-corrected chi connectivity index (χ2v) is 6.54. The van der Waals surface area contributed by atoms with Crippen molar-refractivity contribution in [2.24, 2.45) is 7.05 Å². The third-order valence-corrected chi connectivity index (χ3v) is 4.75. The van der Waals surface area contributed by atoms with Crippen LogP contribution in [0.4, 0.5) is 5.82 Å². The molecule has 1 saturated heterocycles. The number of aryl methyl sites for hydroxylation is 1. The van der Waals surface area contributed by atoms with Crippen LogP contribution in [0, 0.1) is 0 Å². The van der Waals surface area contributed by atoms with E-state index in [2.05, 4.69) is 30.0 Å². The Hall–Kier alpha value is -2.02. The van der Waals surface area contributed by atoms with Crippen molar-refractivity contribution in [1.82, 2.24) is 29.9 Å². The molecule has 4 rings (SSSR count). The number of hydrogen-bond donors (Lipinski definition) is 0. The summed E-state index contributed by atoms with van der Waals surface area (Å²) in [5.74, 6) is 1.09. The van der Waals surface area contributed by atoms with E-state index in [1.165, 1.54) is 25.7 Å². The van der Waals surface area contributed by atoms with Crippen LogP contribution < -0.4 is 4.90 Å². The van der Waals surface area contributed by atoms with Gasteiger partial charge in [0.05, 0.1) is 11.9 Å². The van der Waals surface area contributed by atoms with E-state index in [9.17, 15) is 0 Å². The van der Waals surface area contributed by atoms with Gasteiger partial charge in [-0.2, -0.15) is 15.0 Å². The molecule has 2 aromatic heterocycles. The quantitative estimate of drug-likeness (QED) is 0.827. The first-order chi connectivity index (χ1) is 11.3. The third-order valence-electron chi connectivity index (χ3n) is 4.75. The lowest BCUT2D eigenvalue weighted by Crippen LogP contribution is -2.46. The van der Waals surface area contributed by atoms with Crippen molar-refractivity contribution in [1.29, 1.82) is 0 Å². The second kappa shape index (κ2) is 6.23. The Morgan fingerprint density at radius 3 is 2.57 bits per heavy atom. The summed E-state index contributed by atoms with van der Waals surface area (Å²) in [6, 6.07) is 3.32. The lowest BCUT2D eigenvalue weighted by atomic mass is 10.0. The number of likely N-dealkylation sites (tertiary alicyclic amines) is 1. The Morgan fingerprint density at radius 1 is 1.17 bits per heavy atom. The molecule has 0 radical (unpaired) electrons. The number of anilines is 1. The maximum atomic E-state index is 4.49. The summed E-state index contributed by atoms with van der Waals surface area (Å²) < 4.78 is 0. The smallest absolute Gasteiger partial charge is 0.132 e. The molecule has 0 unspecified atom stereocenters. The van der Waals surface area contributed by atoms with Gasteiger partial charge in [-0.15, -0.1) is 0 Å². The third kappa shape index (κ3) is 3.34. The number of rotatable bonds is 5. The van der Waals surface area contributed by atoms with E-state index < -0.39 is 0 Å². The molecule has 0 amide bonds. The number of hydrogen-bond acceptors (Lipinski definition) is 6. The summed E-state index contributed by atoms with van der Waals surface area (Å²) in [5, 5.41) is 8.53. The molecule has 0 bridgehead atoms. The van der Waals surface area contributed by atoms with Crippen LogP contribution in [0.2, 0.25) is 0 Å². The Bertz CT molecular complexity index is 629.